The number of carbonyl (C=O) groups excluding carboxylic acids is 1. The number of hydrazone groups is 1. The van der Waals surface area contributed by atoms with Crippen LogP contribution >= 0.6 is 31.9 Å². The number of nitro groups is 1. The summed E-state index contributed by atoms with van der Waals surface area (Å²) in [5.41, 5.74) is 2.61. The normalized spacial score (nSPS) is 11.0. The van der Waals surface area contributed by atoms with Gasteiger partial charge in [0.15, 0.2) is 0 Å². The summed E-state index contributed by atoms with van der Waals surface area (Å²) in [5.74, 6) is -0.870. The smallest absolute Gasteiger partial charge is 0.320 e. The second-order valence-electron chi connectivity index (χ2n) is 5.85. The molecular formula is C18H13Br2N5O4. The number of aromatic hydroxyl groups is 1. The van der Waals surface area contributed by atoms with Crippen LogP contribution < -0.4 is 5.43 Å². The summed E-state index contributed by atoms with van der Waals surface area (Å²) < 4.78 is 2.89. The van der Waals surface area contributed by atoms with E-state index < -0.39 is 16.5 Å². The molecule has 3 aromatic rings. The fourth-order valence-electron chi connectivity index (χ4n) is 2.45. The molecule has 0 spiro atoms. The molecule has 29 heavy (non-hydrogen) atoms. The number of benzene rings is 2. The van der Waals surface area contributed by atoms with Crippen molar-refractivity contribution in [3.63, 3.8) is 0 Å². The van der Waals surface area contributed by atoms with E-state index >= 15 is 0 Å². The van der Waals surface area contributed by atoms with Gasteiger partial charge in [-0.25, -0.2) is 5.43 Å². The number of nitrogens with one attached hydrogen (secondary N) is 1. The number of aromatic nitrogens is 2. The molecule has 3 rings (SSSR count). The molecule has 1 amide bonds. The lowest BCUT2D eigenvalue weighted by atomic mass is 10.2. The Balaban J connectivity index is 1.78. The highest BCUT2D eigenvalue weighted by molar-refractivity contribution is 9.10. The predicted octanol–water partition coefficient (Wildman–Crippen LogP) is 3.83. The Labute approximate surface area is 181 Å². The first-order valence-electron chi connectivity index (χ1n) is 8.11. The lowest BCUT2D eigenvalue weighted by Gasteiger charge is -2.02. The van der Waals surface area contributed by atoms with Crippen LogP contribution in [-0.2, 0) is 6.54 Å². The number of hydrogen-bond donors (Lipinski definition) is 2. The quantitative estimate of drug-likeness (QED) is 0.289. The van der Waals surface area contributed by atoms with Crippen molar-refractivity contribution in [1.82, 2.24) is 15.2 Å². The van der Waals surface area contributed by atoms with Gasteiger partial charge in [0.25, 0.3) is 5.91 Å². The minimum atomic E-state index is -0.838. The monoisotopic (exact) mass is 521 g/mol. The van der Waals surface area contributed by atoms with Gasteiger partial charge >= 0.3 is 5.69 Å². The Morgan fingerprint density at radius 2 is 2.03 bits per heavy atom. The molecule has 11 heteroatoms. The molecule has 0 aliphatic heterocycles. The first-order valence-corrected chi connectivity index (χ1v) is 9.70. The van der Waals surface area contributed by atoms with Crippen LogP contribution in [0.4, 0.5) is 5.69 Å². The maximum Gasteiger partial charge on any atom is 0.320 e. The number of hydrogen-bond acceptors (Lipinski definition) is 6. The Bertz CT molecular complexity index is 1110. The zero-order valence-electron chi connectivity index (χ0n) is 14.6. The lowest BCUT2D eigenvalue weighted by molar-refractivity contribution is -0.385. The molecule has 2 aromatic carbocycles. The standard InChI is InChI=1S/C18H13Br2N5O4/c19-13-3-1-2-11(6-13)9-24-10-15(25(28)29)17(23-24)18(27)22-21-8-12-7-14(20)4-5-16(12)26/h1-8,10,26H,9H2,(H,22,27). The molecule has 0 unspecified atom stereocenters. The van der Waals surface area contributed by atoms with E-state index in [4.69, 9.17) is 0 Å². The highest BCUT2D eigenvalue weighted by Gasteiger charge is 2.25. The van der Waals surface area contributed by atoms with Crippen molar-refractivity contribution in [3.05, 3.63) is 84.5 Å². The summed E-state index contributed by atoms with van der Waals surface area (Å²) in [5, 5.41) is 28.8. The van der Waals surface area contributed by atoms with Crippen LogP contribution in [0.15, 0.2) is 62.7 Å². The summed E-state index contributed by atoms with van der Waals surface area (Å²) in [7, 11) is 0. The van der Waals surface area contributed by atoms with Crippen LogP contribution in [-0.4, -0.2) is 31.9 Å². The van der Waals surface area contributed by atoms with E-state index in [-0.39, 0.29) is 18.0 Å². The molecule has 0 aliphatic carbocycles. The summed E-state index contributed by atoms with van der Waals surface area (Å²) in [6.07, 6.45) is 2.42. The number of nitrogens with zero attached hydrogens (tertiary/aromatic N) is 4. The minimum Gasteiger partial charge on any atom is -0.507 e. The largest absolute Gasteiger partial charge is 0.507 e. The van der Waals surface area contributed by atoms with Gasteiger partial charge in [0.1, 0.15) is 11.9 Å². The second-order valence-corrected chi connectivity index (χ2v) is 7.68. The van der Waals surface area contributed by atoms with Crippen molar-refractivity contribution in [2.45, 2.75) is 6.54 Å². The molecule has 148 valence electrons. The van der Waals surface area contributed by atoms with Gasteiger partial charge in [-0.1, -0.05) is 44.0 Å². The summed E-state index contributed by atoms with van der Waals surface area (Å²) in [4.78, 5) is 23.0. The van der Waals surface area contributed by atoms with Gasteiger partial charge in [0.2, 0.25) is 5.69 Å². The van der Waals surface area contributed by atoms with E-state index in [1.807, 2.05) is 24.3 Å². The van der Waals surface area contributed by atoms with Crippen LogP contribution in [0.25, 0.3) is 0 Å². The highest BCUT2D eigenvalue weighted by atomic mass is 79.9. The number of phenols is 1. The van der Waals surface area contributed by atoms with Crippen LogP contribution in [0.3, 0.4) is 0 Å². The molecule has 0 atom stereocenters. The Morgan fingerprint density at radius 3 is 2.76 bits per heavy atom. The average Bonchev–Trinajstić information content (AvgIpc) is 3.09. The van der Waals surface area contributed by atoms with Crippen LogP contribution in [0.5, 0.6) is 5.75 Å². The molecule has 1 aromatic heterocycles. The van der Waals surface area contributed by atoms with Gasteiger partial charge in [-0.15, -0.1) is 0 Å². The van der Waals surface area contributed by atoms with E-state index in [1.165, 1.54) is 23.2 Å². The number of phenolic OH excluding ortho intramolecular Hbond substituents is 1. The zero-order chi connectivity index (χ0) is 21.0. The third kappa shape index (κ3) is 5.27. The maximum atomic E-state index is 12.3. The average molecular weight is 523 g/mol. The molecule has 0 fully saturated rings. The van der Waals surface area contributed by atoms with E-state index in [0.717, 1.165) is 10.0 Å². The summed E-state index contributed by atoms with van der Waals surface area (Å²) >= 11 is 6.62. The van der Waals surface area contributed by atoms with Gasteiger partial charge < -0.3 is 5.11 Å². The molecule has 0 radical (unpaired) electrons. The van der Waals surface area contributed by atoms with Gasteiger partial charge in [-0.3, -0.25) is 19.6 Å². The van der Waals surface area contributed by atoms with Crippen molar-refractivity contribution >= 4 is 49.7 Å². The van der Waals surface area contributed by atoms with E-state index in [1.54, 1.807) is 12.1 Å². The SMILES string of the molecule is O=C(NN=Cc1cc(Br)ccc1O)c1nn(Cc2cccc(Br)c2)cc1[N+](=O)[O-]. The van der Waals surface area contributed by atoms with Crippen molar-refractivity contribution in [1.29, 1.82) is 0 Å². The Morgan fingerprint density at radius 1 is 1.28 bits per heavy atom. The number of halogens is 2. The lowest BCUT2D eigenvalue weighted by Crippen LogP contribution is -2.19. The molecule has 2 N–H and O–H groups in total. The van der Waals surface area contributed by atoms with E-state index in [2.05, 4.69) is 47.5 Å². The number of carbonyl (C=O) groups is 1. The van der Waals surface area contributed by atoms with Gasteiger partial charge in [-0.2, -0.15) is 10.2 Å². The van der Waals surface area contributed by atoms with Crippen molar-refractivity contribution in [2.24, 2.45) is 5.10 Å². The predicted molar refractivity (Wildman–Crippen MR) is 113 cm³/mol. The maximum absolute atomic E-state index is 12.3. The summed E-state index contributed by atoms with van der Waals surface area (Å²) in [6, 6.07) is 12.1. The minimum absolute atomic E-state index is 0.0320. The van der Waals surface area contributed by atoms with Crippen molar-refractivity contribution in [3.8, 4) is 5.75 Å². The fraction of sp³-hybridized carbons (Fsp3) is 0.0556. The number of amides is 1. The van der Waals surface area contributed by atoms with E-state index in [0.29, 0.717) is 10.0 Å². The Kier molecular flexibility index (Phi) is 6.39. The van der Waals surface area contributed by atoms with E-state index in [9.17, 15) is 20.0 Å². The molecule has 9 nitrogen and oxygen atoms in total. The van der Waals surface area contributed by atoms with Crippen molar-refractivity contribution in [2.75, 3.05) is 0 Å². The third-order valence-corrected chi connectivity index (χ3v) is 4.73. The molecular weight excluding hydrogens is 510 g/mol. The van der Waals surface area contributed by atoms with Gasteiger partial charge in [0.05, 0.1) is 17.7 Å². The molecule has 0 saturated heterocycles. The fourth-order valence-corrected chi connectivity index (χ4v) is 3.28. The first-order chi connectivity index (χ1) is 13.8. The zero-order valence-corrected chi connectivity index (χ0v) is 17.8. The van der Waals surface area contributed by atoms with Crippen LogP contribution in [0.2, 0.25) is 0 Å². The van der Waals surface area contributed by atoms with Crippen LogP contribution in [0, 0.1) is 10.1 Å². The highest BCUT2D eigenvalue weighted by Crippen LogP contribution is 2.21. The molecule has 1 heterocycles. The second kappa shape index (κ2) is 8.97. The molecule has 0 saturated carbocycles. The van der Waals surface area contributed by atoms with Crippen LogP contribution in [0.1, 0.15) is 21.6 Å². The molecule has 0 bridgehead atoms. The molecule has 0 aliphatic rings. The van der Waals surface area contributed by atoms with Gasteiger partial charge in [-0.05, 0) is 35.9 Å². The topological polar surface area (TPSA) is 123 Å². The third-order valence-electron chi connectivity index (χ3n) is 3.75. The van der Waals surface area contributed by atoms with Crippen molar-refractivity contribution < 1.29 is 14.8 Å². The Hall–Kier alpha value is -3.05. The van der Waals surface area contributed by atoms with Gasteiger partial charge in [0, 0.05) is 14.5 Å². The first kappa shape index (κ1) is 20.7. The summed E-state index contributed by atoms with van der Waals surface area (Å²) in [6.45, 7) is 0.253. The number of rotatable bonds is 6.